The maximum absolute atomic E-state index is 12.9. The molecule has 1 aliphatic heterocycles. The number of hydrogen-bond donors (Lipinski definition) is 0. The standard InChI is InChI=1S/C22H21Cl4NO5/c1-5-27(6-2)12-8-9-13(14(10-12)30-7-3)22(31-11(4)28)16-15(21(29)32-22)17(23)19(25)20(26)18(16)24/h8-10H,5-7H2,1-4H3. The predicted molar refractivity (Wildman–Crippen MR) is 126 cm³/mol. The Labute approximate surface area is 206 Å². The van der Waals surface area contributed by atoms with E-state index in [1.807, 2.05) is 26.8 Å². The fourth-order valence-corrected chi connectivity index (χ4v) is 4.78. The maximum atomic E-state index is 12.9. The Bertz CT molecular complexity index is 1090. The van der Waals surface area contributed by atoms with E-state index < -0.39 is 17.7 Å². The number of fused-ring (bicyclic) bond motifs is 1. The van der Waals surface area contributed by atoms with Crippen LogP contribution in [0.4, 0.5) is 5.69 Å². The summed E-state index contributed by atoms with van der Waals surface area (Å²) in [5, 5.41) is -0.453. The lowest BCUT2D eigenvalue weighted by atomic mass is 9.93. The molecule has 0 radical (unpaired) electrons. The molecule has 1 unspecified atom stereocenters. The third kappa shape index (κ3) is 3.98. The molecule has 0 aliphatic carbocycles. The summed E-state index contributed by atoms with van der Waals surface area (Å²) in [5.74, 6) is -3.29. The van der Waals surface area contributed by atoms with Gasteiger partial charge in [-0.2, -0.15) is 0 Å². The zero-order valence-electron chi connectivity index (χ0n) is 17.9. The lowest BCUT2D eigenvalue weighted by molar-refractivity contribution is -0.191. The number of esters is 2. The van der Waals surface area contributed by atoms with Gasteiger partial charge in [0.25, 0.3) is 0 Å². The molecule has 0 fully saturated rings. The van der Waals surface area contributed by atoms with E-state index >= 15 is 0 Å². The van der Waals surface area contributed by atoms with Crippen LogP contribution in [0.15, 0.2) is 18.2 Å². The Balaban J connectivity index is 2.38. The van der Waals surface area contributed by atoms with E-state index in [1.165, 1.54) is 6.92 Å². The average molecular weight is 521 g/mol. The number of ether oxygens (including phenoxy) is 3. The molecule has 1 aliphatic rings. The maximum Gasteiger partial charge on any atom is 0.344 e. The summed E-state index contributed by atoms with van der Waals surface area (Å²) in [5.41, 5.74) is 1.01. The van der Waals surface area contributed by atoms with Crippen LogP contribution in [0.25, 0.3) is 0 Å². The van der Waals surface area contributed by atoms with E-state index in [2.05, 4.69) is 4.90 Å². The summed E-state index contributed by atoms with van der Waals surface area (Å²) >= 11 is 25.2. The summed E-state index contributed by atoms with van der Waals surface area (Å²) in [6, 6.07) is 5.27. The van der Waals surface area contributed by atoms with Crippen LogP contribution < -0.4 is 9.64 Å². The Morgan fingerprint density at radius 3 is 2.22 bits per heavy atom. The number of carbonyl (C=O) groups is 2. The summed E-state index contributed by atoms with van der Waals surface area (Å²) in [6.07, 6.45) is 0. The monoisotopic (exact) mass is 519 g/mol. The largest absolute Gasteiger partial charge is 0.493 e. The second-order valence-electron chi connectivity index (χ2n) is 6.89. The van der Waals surface area contributed by atoms with E-state index in [1.54, 1.807) is 12.1 Å². The van der Waals surface area contributed by atoms with E-state index in [4.69, 9.17) is 60.6 Å². The zero-order chi connectivity index (χ0) is 23.8. The SMILES string of the molecule is CCOc1cc(N(CC)CC)ccc1C1(OC(C)=O)OC(=O)c2c(Cl)c(Cl)c(Cl)c(Cl)c21. The van der Waals surface area contributed by atoms with Crippen molar-refractivity contribution in [2.45, 2.75) is 33.5 Å². The topological polar surface area (TPSA) is 65.1 Å². The molecule has 2 aromatic rings. The van der Waals surface area contributed by atoms with Gasteiger partial charge in [-0.1, -0.05) is 46.4 Å². The van der Waals surface area contributed by atoms with Crippen molar-refractivity contribution in [3.8, 4) is 5.75 Å². The highest BCUT2D eigenvalue weighted by Crippen LogP contribution is 2.55. The van der Waals surface area contributed by atoms with Crippen molar-refractivity contribution >= 4 is 64.0 Å². The molecule has 32 heavy (non-hydrogen) atoms. The molecule has 10 heteroatoms. The van der Waals surface area contributed by atoms with Crippen LogP contribution in [0, 0.1) is 0 Å². The van der Waals surface area contributed by atoms with Gasteiger partial charge in [-0.25, -0.2) is 4.79 Å². The van der Waals surface area contributed by atoms with Gasteiger partial charge in [-0.15, -0.1) is 0 Å². The number of benzene rings is 2. The Morgan fingerprint density at radius 2 is 1.66 bits per heavy atom. The molecule has 0 spiro atoms. The molecule has 3 rings (SSSR count). The molecule has 0 aromatic heterocycles. The van der Waals surface area contributed by atoms with Gasteiger partial charge >= 0.3 is 17.7 Å². The van der Waals surface area contributed by atoms with Gasteiger partial charge in [-0.3, -0.25) is 4.79 Å². The third-order valence-electron chi connectivity index (χ3n) is 5.07. The first-order valence-corrected chi connectivity index (χ1v) is 11.5. The normalized spacial score (nSPS) is 17.1. The Kier molecular flexibility index (Phi) is 7.40. The first-order chi connectivity index (χ1) is 15.1. The second kappa shape index (κ2) is 9.56. The van der Waals surface area contributed by atoms with E-state index in [9.17, 15) is 9.59 Å². The van der Waals surface area contributed by atoms with Gasteiger partial charge in [0.15, 0.2) is 0 Å². The fraction of sp³-hybridized carbons (Fsp3) is 0.364. The highest BCUT2D eigenvalue weighted by molar-refractivity contribution is 6.53. The molecule has 0 saturated carbocycles. The molecule has 0 bridgehead atoms. The zero-order valence-corrected chi connectivity index (χ0v) is 20.9. The van der Waals surface area contributed by atoms with Crippen LogP contribution in [0.5, 0.6) is 5.75 Å². The van der Waals surface area contributed by atoms with Crippen LogP contribution in [-0.2, 0) is 20.1 Å². The van der Waals surface area contributed by atoms with Gasteiger partial charge in [0.05, 0.1) is 43.4 Å². The van der Waals surface area contributed by atoms with Crippen LogP contribution in [0.2, 0.25) is 20.1 Å². The molecule has 1 atom stereocenters. The quantitative estimate of drug-likeness (QED) is 0.236. The minimum Gasteiger partial charge on any atom is -0.493 e. The molecule has 6 nitrogen and oxygen atoms in total. The summed E-state index contributed by atoms with van der Waals surface area (Å²) < 4.78 is 17.2. The van der Waals surface area contributed by atoms with Crippen LogP contribution in [0.3, 0.4) is 0 Å². The Morgan fingerprint density at radius 1 is 1.03 bits per heavy atom. The molecule has 172 valence electrons. The van der Waals surface area contributed by atoms with Crippen molar-refractivity contribution in [3.63, 3.8) is 0 Å². The summed E-state index contributed by atoms with van der Waals surface area (Å²) in [6.45, 7) is 8.89. The van der Waals surface area contributed by atoms with Gasteiger partial charge < -0.3 is 19.1 Å². The predicted octanol–water partition coefficient (Wildman–Crippen LogP) is 6.48. The number of halogens is 4. The number of nitrogens with zero attached hydrogens (tertiary/aromatic N) is 1. The highest BCUT2D eigenvalue weighted by atomic mass is 35.5. The minimum absolute atomic E-state index is 0.00434. The van der Waals surface area contributed by atoms with Crippen molar-refractivity contribution < 1.29 is 23.8 Å². The second-order valence-corrected chi connectivity index (χ2v) is 8.40. The minimum atomic E-state index is -2.06. The smallest absolute Gasteiger partial charge is 0.344 e. The van der Waals surface area contributed by atoms with Crippen LogP contribution >= 0.6 is 46.4 Å². The molecule has 0 amide bonds. The van der Waals surface area contributed by atoms with E-state index in [0.29, 0.717) is 12.4 Å². The first-order valence-electron chi connectivity index (χ1n) is 9.94. The first kappa shape index (κ1) is 24.8. The van der Waals surface area contributed by atoms with Crippen molar-refractivity contribution in [2.24, 2.45) is 0 Å². The van der Waals surface area contributed by atoms with Gasteiger partial charge in [0.1, 0.15) is 5.75 Å². The third-order valence-corrected chi connectivity index (χ3v) is 6.87. The molecule has 0 N–H and O–H groups in total. The lowest BCUT2D eigenvalue weighted by Crippen LogP contribution is -2.34. The van der Waals surface area contributed by atoms with Crippen LogP contribution in [-0.4, -0.2) is 31.6 Å². The fourth-order valence-electron chi connectivity index (χ4n) is 3.73. The van der Waals surface area contributed by atoms with Crippen LogP contribution in [0.1, 0.15) is 49.2 Å². The van der Waals surface area contributed by atoms with Gasteiger partial charge in [-0.05, 0) is 32.9 Å². The van der Waals surface area contributed by atoms with Gasteiger partial charge in [0.2, 0.25) is 0 Å². The average Bonchev–Trinajstić information content (AvgIpc) is 3.04. The number of carbonyl (C=O) groups excluding carboxylic acids is 2. The Hall–Kier alpha value is -1.86. The molecular formula is C22H21Cl4NO5. The molecule has 0 saturated heterocycles. The lowest BCUT2D eigenvalue weighted by Gasteiger charge is -2.31. The number of rotatable bonds is 7. The van der Waals surface area contributed by atoms with E-state index in [0.717, 1.165) is 18.8 Å². The summed E-state index contributed by atoms with van der Waals surface area (Å²) in [4.78, 5) is 27.2. The highest BCUT2D eigenvalue weighted by Gasteiger charge is 2.55. The van der Waals surface area contributed by atoms with Crippen molar-refractivity contribution in [1.82, 2.24) is 0 Å². The van der Waals surface area contributed by atoms with Crippen molar-refractivity contribution in [3.05, 3.63) is 55.0 Å². The molecular weight excluding hydrogens is 500 g/mol. The van der Waals surface area contributed by atoms with Crippen molar-refractivity contribution in [1.29, 1.82) is 0 Å². The van der Waals surface area contributed by atoms with E-state index in [-0.39, 0.29) is 36.8 Å². The van der Waals surface area contributed by atoms with Gasteiger partial charge in [0, 0.05) is 31.8 Å². The molecule has 2 aromatic carbocycles. The number of cyclic esters (lactones) is 1. The summed E-state index contributed by atoms with van der Waals surface area (Å²) in [7, 11) is 0. The number of anilines is 1. The molecule has 1 heterocycles. The van der Waals surface area contributed by atoms with Crippen molar-refractivity contribution in [2.75, 3.05) is 24.6 Å². The number of hydrogen-bond acceptors (Lipinski definition) is 6.